The minimum atomic E-state index is 1.09. The molecule has 11 aromatic rings. The Balaban J connectivity index is 1.07. The SMILES string of the molecule is c1ccc(-c2ccc(N(c3ccc(-c4ccccc4-c4ccccc4-c4cccc5ccccc45)cc3)c3ccc4ccc5ccccc5c4c3)cc2-c2ccccc2)cc1. The van der Waals surface area contributed by atoms with Crippen molar-refractivity contribution in [2.24, 2.45) is 0 Å². The number of rotatable bonds is 8. The summed E-state index contributed by atoms with van der Waals surface area (Å²) in [6.45, 7) is 0. The molecule has 0 aliphatic carbocycles. The topological polar surface area (TPSA) is 3.24 Å². The van der Waals surface area contributed by atoms with Gasteiger partial charge in [-0.15, -0.1) is 0 Å². The zero-order valence-corrected chi connectivity index (χ0v) is 33.6. The highest BCUT2D eigenvalue weighted by Crippen LogP contribution is 2.44. The molecule has 0 fully saturated rings. The summed E-state index contributed by atoms with van der Waals surface area (Å²) in [6, 6.07) is 90.5. The zero-order valence-electron chi connectivity index (χ0n) is 33.6. The molecule has 0 aromatic heterocycles. The number of benzene rings is 11. The third kappa shape index (κ3) is 6.73. The maximum atomic E-state index is 2.41. The Labute approximate surface area is 357 Å². The molecule has 0 unspecified atom stereocenters. The molecule has 0 N–H and O–H groups in total. The first kappa shape index (κ1) is 36.1. The van der Waals surface area contributed by atoms with Crippen molar-refractivity contribution in [3.8, 4) is 55.6 Å². The van der Waals surface area contributed by atoms with Gasteiger partial charge in [-0.05, 0) is 124 Å². The summed E-state index contributed by atoms with van der Waals surface area (Å²) in [5.41, 5.74) is 15.3. The summed E-state index contributed by atoms with van der Waals surface area (Å²) in [6.07, 6.45) is 0. The van der Waals surface area contributed by atoms with Crippen molar-refractivity contribution in [2.45, 2.75) is 0 Å². The van der Waals surface area contributed by atoms with Crippen LogP contribution in [-0.4, -0.2) is 0 Å². The minimum absolute atomic E-state index is 1.09. The number of nitrogens with zero attached hydrogens (tertiary/aromatic N) is 1. The number of anilines is 3. The maximum Gasteiger partial charge on any atom is 0.0468 e. The second-order valence-electron chi connectivity index (χ2n) is 15.7. The van der Waals surface area contributed by atoms with E-state index in [9.17, 15) is 0 Å². The van der Waals surface area contributed by atoms with E-state index in [2.05, 4.69) is 254 Å². The zero-order chi connectivity index (χ0) is 40.5. The fourth-order valence-electron chi connectivity index (χ4n) is 9.15. The average Bonchev–Trinajstić information content (AvgIpc) is 3.34. The third-order valence-electron chi connectivity index (χ3n) is 12.1. The smallest absolute Gasteiger partial charge is 0.0468 e. The van der Waals surface area contributed by atoms with Gasteiger partial charge in [-0.25, -0.2) is 0 Å². The van der Waals surface area contributed by atoms with Crippen molar-refractivity contribution < 1.29 is 0 Å². The quantitative estimate of drug-likeness (QED) is 0.139. The normalized spacial score (nSPS) is 11.3. The van der Waals surface area contributed by atoms with Crippen molar-refractivity contribution in [3.63, 3.8) is 0 Å². The summed E-state index contributed by atoms with van der Waals surface area (Å²) < 4.78 is 0. The Hall–Kier alpha value is -8.00. The molecule has 0 saturated carbocycles. The van der Waals surface area contributed by atoms with Crippen molar-refractivity contribution in [1.29, 1.82) is 0 Å². The second kappa shape index (κ2) is 15.6. The standard InChI is InChI=1S/C60H41N/c1-3-16-42(17-4-1)54-39-38-50(41-59(54)44-18-5-2-6-19-44)61(49-37-34-47-31-30-45-21-8-10-25-53(45)60(47)40-49)48-35-32-46(33-36-48)52-24-11-12-26-55(52)57-27-13-14-28-58(57)56-29-15-22-43-20-7-9-23-51(43)56/h1-41H. The fourth-order valence-corrected chi connectivity index (χ4v) is 9.15. The van der Waals surface area contributed by atoms with Crippen LogP contribution in [0.2, 0.25) is 0 Å². The molecule has 0 amide bonds. The van der Waals surface area contributed by atoms with E-state index in [1.165, 1.54) is 88.0 Å². The predicted octanol–water partition coefficient (Wildman–Crippen LogP) is 17.0. The lowest BCUT2D eigenvalue weighted by molar-refractivity contribution is 1.29. The van der Waals surface area contributed by atoms with Gasteiger partial charge in [0.15, 0.2) is 0 Å². The van der Waals surface area contributed by atoms with Gasteiger partial charge in [0.05, 0.1) is 0 Å². The Morgan fingerprint density at radius 3 is 1.31 bits per heavy atom. The van der Waals surface area contributed by atoms with Gasteiger partial charge < -0.3 is 4.90 Å². The lowest BCUT2D eigenvalue weighted by Crippen LogP contribution is -2.10. The van der Waals surface area contributed by atoms with E-state index in [0.717, 1.165) is 17.1 Å². The monoisotopic (exact) mass is 775 g/mol. The molecular weight excluding hydrogens is 735 g/mol. The van der Waals surface area contributed by atoms with Crippen LogP contribution in [0.15, 0.2) is 249 Å². The summed E-state index contributed by atoms with van der Waals surface area (Å²) in [5.74, 6) is 0. The number of fused-ring (bicyclic) bond motifs is 4. The fraction of sp³-hybridized carbons (Fsp3) is 0. The van der Waals surface area contributed by atoms with Crippen LogP contribution >= 0.6 is 0 Å². The molecule has 0 saturated heterocycles. The van der Waals surface area contributed by atoms with Crippen molar-refractivity contribution in [3.05, 3.63) is 249 Å². The molecule has 0 aliphatic heterocycles. The molecule has 0 spiro atoms. The van der Waals surface area contributed by atoms with Gasteiger partial charge in [0, 0.05) is 17.1 Å². The molecule has 286 valence electrons. The Bertz CT molecular complexity index is 3340. The van der Waals surface area contributed by atoms with E-state index in [1.54, 1.807) is 0 Å². The number of hydrogen-bond acceptors (Lipinski definition) is 1. The van der Waals surface area contributed by atoms with Crippen molar-refractivity contribution in [1.82, 2.24) is 0 Å². The molecule has 11 aromatic carbocycles. The van der Waals surface area contributed by atoms with Gasteiger partial charge in [-0.3, -0.25) is 0 Å². The highest BCUT2D eigenvalue weighted by atomic mass is 15.1. The van der Waals surface area contributed by atoms with Crippen molar-refractivity contribution >= 4 is 49.4 Å². The van der Waals surface area contributed by atoms with Crippen LogP contribution in [0.25, 0.3) is 88.0 Å². The Morgan fingerprint density at radius 1 is 0.197 bits per heavy atom. The van der Waals surface area contributed by atoms with Gasteiger partial charge >= 0.3 is 0 Å². The molecule has 0 bridgehead atoms. The highest BCUT2D eigenvalue weighted by Gasteiger charge is 2.19. The first-order valence-corrected chi connectivity index (χ1v) is 21.0. The van der Waals surface area contributed by atoms with E-state index in [-0.39, 0.29) is 0 Å². The summed E-state index contributed by atoms with van der Waals surface area (Å²) >= 11 is 0. The third-order valence-corrected chi connectivity index (χ3v) is 12.1. The van der Waals surface area contributed by atoms with E-state index >= 15 is 0 Å². The Kier molecular flexibility index (Phi) is 9.26. The predicted molar refractivity (Wildman–Crippen MR) is 261 cm³/mol. The second-order valence-corrected chi connectivity index (χ2v) is 15.7. The lowest BCUT2D eigenvalue weighted by Gasteiger charge is -2.27. The molecule has 11 rings (SSSR count). The number of hydrogen-bond donors (Lipinski definition) is 0. The van der Waals surface area contributed by atoms with Gasteiger partial charge in [0.2, 0.25) is 0 Å². The highest BCUT2D eigenvalue weighted by molar-refractivity contribution is 6.09. The largest absolute Gasteiger partial charge is 0.310 e. The van der Waals surface area contributed by atoms with Crippen LogP contribution in [0.4, 0.5) is 17.1 Å². The molecule has 0 radical (unpaired) electrons. The van der Waals surface area contributed by atoms with Gasteiger partial charge in [-0.2, -0.15) is 0 Å². The van der Waals surface area contributed by atoms with Crippen LogP contribution in [0, 0.1) is 0 Å². The van der Waals surface area contributed by atoms with Crippen LogP contribution in [-0.2, 0) is 0 Å². The lowest BCUT2D eigenvalue weighted by atomic mass is 9.88. The Morgan fingerprint density at radius 2 is 0.607 bits per heavy atom. The van der Waals surface area contributed by atoms with E-state index in [1.807, 2.05) is 0 Å². The maximum absolute atomic E-state index is 2.41. The molecule has 61 heavy (non-hydrogen) atoms. The minimum Gasteiger partial charge on any atom is -0.310 e. The molecular formula is C60H41N. The summed E-state index contributed by atoms with van der Waals surface area (Å²) in [4.78, 5) is 2.41. The van der Waals surface area contributed by atoms with Crippen LogP contribution in [0.5, 0.6) is 0 Å². The first-order chi connectivity index (χ1) is 30.3. The van der Waals surface area contributed by atoms with Crippen molar-refractivity contribution in [2.75, 3.05) is 4.90 Å². The van der Waals surface area contributed by atoms with E-state index in [4.69, 9.17) is 0 Å². The molecule has 0 atom stereocenters. The van der Waals surface area contributed by atoms with Gasteiger partial charge in [0.25, 0.3) is 0 Å². The van der Waals surface area contributed by atoms with E-state index < -0.39 is 0 Å². The molecule has 1 heteroatoms. The molecule has 0 aliphatic rings. The molecule has 0 heterocycles. The molecule has 1 nitrogen and oxygen atoms in total. The van der Waals surface area contributed by atoms with Gasteiger partial charge in [0.1, 0.15) is 0 Å². The van der Waals surface area contributed by atoms with Crippen LogP contribution in [0.1, 0.15) is 0 Å². The summed E-state index contributed by atoms with van der Waals surface area (Å²) in [5, 5.41) is 7.45. The van der Waals surface area contributed by atoms with Crippen LogP contribution in [0.3, 0.4) is 0 Å². The summed E-state index contributed by atoms with van der Waals surface area (Å²) in [7, 11) is 0. The van der Waals surface area contributed by atoms with E-state index in [0.29, 0.717) is 0 Å². The van der Waals surface area contributed by atoms with Gasteiger partial charge in [-0.1, -0.05) is 212 Å². The average molecular weight is 776 g/mol. The first-order valence-electron chi connectivity index (χ1n) is 21.0. The van der Waals surface area contributed by atoms with Crippen LogP contribution < -0.4 is 4.90 Å².